The number of nitrogens with zero attached hydrogens (tertiary/aromatic N) is 2. The van der Waals surface area contributed by atoms with Crippen molar-refractivity contribution in [1.82, 2.24) is 8.87 Å². The monoisotopic (exact) mass is 311 g/mol. The number of aromatic nitrogens is 1. The molecule has 1 fully saturated rings. The van der Waals surface area contributed by atoms with Gasteiger partial charge in [-0.1, -0.05) is 6.08 Å². The van der Waals surface area contributed by atoms with E-state index in [0.29, 0.717) is 24.0 Å². The first-order valence-electron chi connectivity index (χ1n) is 7.26. The third-order valence-electron chi connectivity index (χ3n) is 3.69. The minimum absolute atomic E-state index is 0.290. The van der Waals surface area contributed by atoms with Crippen molar-refractivity contribution in [2.24, 2.45) is 5.73 Å². The predicted octanol–water partition coefficient (Wildman–Crippen LogP) is 2.26. The molecule has 0 aromatic carbocycles. The van der Waals surface area contributed by atoms with Gasteiger partial charge in [0.1, 0.15) is 4.90 Å². The molecule has 0 unspecified atom stereocenters. The maximum Gasteiger partial charge on any atom is 0.245 e. The van der Waals surface area contributed by atoms with E-state index in [4.69, 9.17) is 5.73 Å². The molecular weight excluding hydrogens is 286 g/mol. The van der Waals surface area contributed by atoms with E-state index in [1.807, 2.05) is 25.3 Å². The Kier molecular flexibility index (Phi) is 4.33. The van der Waals surface area contributed by atoms with Crippen LogP contribution in [0.4, 0.5) is 0 Å². The summed E-state index contributed by atoms with van der Waals surface area (Å²) in [5.74, 6) is 0. The van der Waals surface area contributed by atoms with Gasteiger partial charge in [-0.25, -0.2) is 8.42 Å². The SMILES string of the molecule is C=CCN(C(C)(C)C)S(=O)(=O)c1cc(CN)n(C2CC2)c1. The Morgan fingerprint density at radius 2 is 2.10 bits per heavy atom. The number of rotatable bonds is 6. The van der Waals surface area contributed by atoms with Crippen molar-refractivity contribution in [2.75, 3.05) is 6.54 Å². The highest BCUT2D eigenvalue weighted by Crippen LogP contribution is 2.38. The van der Waals surface area contributed by atoms with E-state index in [-0.39, 0.29) is 0 Å². The summed E-state index contributed by atoms with van der Waals surface area (Å²) in [5.41, 5.74) is 6.12. The molecule has 0 aliphatic heterocycles. The maximum atomic E-state index is 12.9. The lowest BCUT2D eigenvalue weighted by molar-refractivity contribution is 0.270. The van der Waals surface area contributed by atoms with E-state index in [2.05, 4.69) is 6.58 Å². The van der Waals surface area contributed by atoms with Crippen molar-refractivity contribution in [3.05, 3.63) is 30.6 Å². The van der Waals surface area contributed by atoms with Gasteiger partial charge in [-0.2, -0.15) is 4.31 Å². The fraction of sp³-hybridized carbons (Fsp3) is 0.600. The van der Waals surface area contributed by atoms with Gasteiger partial charge >= 0.3 is 0 Å². The van der Waals surface area contributed by atoms with Crippen LogP contribution in [0.3, 0.4) is 0 Å². The summed E-state index contributed by atoms with van der Waals surface area (Å²) in [5, 5.41) is 0. The first-order chi connectivity index (χ1) is 9.71. The highest BCUT2D eigenvalue weighted by atomic mass is 32.2. The van der Waals surface area contributed by atoms with Gasteiger partial charge in [-0.15, -0.1) is 6.58 Å². The van der Waals surface area contributed by atoms with Gasteiger partial charge in [0.15, 0.2) is 0 Å². The van der Waals surface area contributed by atoms with Crippen LogP contribution in [0.15, 0.2) is 29.8 Å². The molecule has 0 atom stereocenters. The van der Waals surface area contributed by atoms with Gasteiger partial charge < -0.3 is 10.3 Å². The van der Waals surface area contributed by atoms with Crippen LogP contribution < -0.4 is 5.73 Å². The van der Waals surface area contributed by atoms with Crippen LogP contribution in [0, 0.1) is 0 Å². The van der Waals surface area contributed by atoms with Crippen LogP contribution in [-0.2, 0) is 16.6 Å². The molecule has 1 aromatic heterocycles. The molecule has 1 saturated carbocycles. The minimum Gasteiger partial charge on any atom is -0.346 e. The molecule has 1 aliphatic carbocycles. The summed E-state index contributed by atoms with van der Waals surface area (Å²) in [4.78, 5) is 0.326. The summed E-state index contributed by atoms with van der Waals surface area (Å²) < 4.78 is 29.3. The minimum atomic E-state index is -3.55. The van der Waals surface area contributed by atoms with Crippen molar-refractivity contribution in [1.29, 1.82) is 0 Å². The third-order valence-corrected chi connectivity index (χ3v) is 5.78. The molecule has 0 spiro atoms. The molecule has 0 bridgehead atoms. The fourth-order valence-electron chi connectivity index (χ4n) is 2.47. The molecule has 2 rings (SSSR count). The standard InChI is InChI=1S/C15H25N3O2S/c1-5-8-18(15(2,3)4)21(19,20)14-9-13(10-16)17(11-14)12-6-7-12/h5,9,11-12H,1,6-8,10,16H2,2-4H3. The lowest BCUT2D eigenvalue weighted by Crippen LogP contribution is -2.45. The van der Waals surface area contributed by atoms with E-state index in [1.54, 1.807) is 18.3 Å². The Labute approximate surface area is 127 Å². The fourth-order valence-corrected chi connectivity index (χ4v) is 4.28. The number of hydrogen-bond donors (Lipinski definition) is 1. The zero-order chi connectivity index (χ0) is 15.8. The average molecular weight is 311 g/mol. The second-order valence-corrected chi connectivity index (χ2v) is 8.37. The molecule has 21 heavy (non-hydrogen) atoms. The summed E-state index contributed by atoms with van der Waals surface area (Å²) in [6, 6.07) is 2.12. The lowest BCUT2D eigenvalue weighted by Gasteiger charge is -2.33. The number of nitrogens with two attached hydrogens (primary N) is 1. The Morgan fingerprint density at radius 1 is 1.48 bits per heavy atom. The van der Waals surface area contributed by atoms with Gasteiger partial charge in [-0.3, -0.25) is 0 Å². The largest absolute Gasteiger partial charge is 0.346 e. The smallest absolute Gasteiger partial charge is 0.245 e. The molecule has 0 saturated heterocycles. The highest BCUT2D eigenvalue weighted by Gasteiger charge is 2.35. The molecule has 118 valence electrons. The first kappa shape index (κ1) is 16.3. The van der Waals surface area contributed by atoms with E-state index >= 15 is 0 Å². The van der Waals surface area contributed by atoms with E-state index in [9.17, 15) is 8.42 Å². The van der Waals surface area contributed by atoms with Gasteiger partial charge in [0.2, 0.25) is 10.0 Å². The van der Waals surface area contributed by atoms with Crippen molar-refractivity contribution in [3.8, 4) is 0 Å². The summed E-state index contributed by atoms with van der Waals surface area (Å²) in [6.07, 6.45) is 5.54. The predicted molar refractivity (Wildman–Crippen MR) is 84.4 cm³/mol. The van der Waals surface area contributed by atoms with Crippen molar-refractivity contribution >= 4 is 10.0 Å². The molecule has 0 amide bonds. The Balaban J connectivity index is 2.44. The molecule has 2 N–H and O–H groups in total. The third kappa shape index (κ3) is 3.22. The normalized spacial score (nSPS) is 16.4. The van der Waals surface area contributed by atoms with Crippen molar-refractivity contribution < 1.29 is 8.42 Å². The quantitative estimate of drug-likeness (QED) is 0.819. The van der Waals surface area contributed by atoms with Crippen LogP contribution >= 0.6 is 0 Å². The zero-order valence-corrected chi connectivity index (χ0v) is 13.9. The average Bonchev–Trinajstić information content (AvgIpc) is 3.13. The molecule has 5 nitrogen and oxygen atoms in total. The molecular formula is C15H25N3O2S. The molecule has 1 aromatic rings. The van der Waals surface area contributed by atoms with E-state index < -0.39 is 15.6 Å². The van der Waals surface area contributed by atoms with Gasteiger partial charge in [-0.05, 0) is 39.7 Å². The number of hydrogen-bond acceptors (Lipinski definition) is 3. The lowest BCUT2D eigenvalue weighted by atomic mass is 10.1. The maximum absolute atomic E-state index is 12.9. The summed E-state index contributed by atoms with van der Waals surface area (Å²) in [7, 11) is -3.55. The van der Waals surface area contributed by atoms with E-state index in [1.165, 1.54) is 4.31 Å². The van der Waals surface area contributed by atoms with Gasteiger partial charge in [0.05, 0.1) is 0 Å². The molecule has 1 heterocycles. The Bertz CT molecular complexity index is 622. The Morgan fingerprint density at radius 3 is 2.52 bits per heavy atom. The summed E-state index contributed by atoms with van der Waals surface area (Å²) in [6.45, 7) is 9.96. The highest BCUT2D eigenvalue weighted by molar-refractivity contribution is 7.89. The first-order valence-corrected chi connectivity index (χ1v) is 8.70. The topological polar surface area (TPSA) is 68.3 Å². The van der Waals surface area contributed by atoms with Crippen LogP contribution in [0.25, 0.3) is 0 Å². The van der Waals surface area contributed by atoms with Crippen LogP contribution in [0.5, 0.6) is 0 Å². The zero-order valence-electron chi connectivity index (χ0n) is 13.0. The van der Waals surface area contributed by atoms with Gasteiger partial charge in [0, 0.05) is 36.6 Å². The van der Waals surface area contributed by atoms with Crippen LogP contribution in [-0.4, -0.2) is 29.4 Å². The summed E-state index contributed by atoms with van der Waals surface area (Å²) >= 11 is 0. The molecule has 0 radical (unpaired) electrons. The number of sulfonamides is 1. The Hall–Kier alpha value is -1.11. The van der Waals surface area contributed by atoms with E-state index in [0.717, 1.165) is 18.5 Å². The second kappa shape index (κ2) is 5.59. The second-order valence-electron chi connectivity index (χ2n) is 6.51. The van der Waals surface area contributed by atoms with Crippen molar-refractivity contribution in [3.63, 3.8) is 0 Å². The van der Waals surface area contributed by atoms with Gasteiger partial charge in [0.25, 0.3) is 0 Å². The van der Waals surface area contributed by atoms with Crippen molar-refractivity contribution in [2.45, 2.75) is 56.6 Å². The molecule has 6 heteroatoms. The van der Waals surface area contributed by atoms with Crippen LogP contribution in [0.1, 0.15) is 45.3 Å². The molecule has 1 aliphatic rings. The van der Waals surface area contributed by atoms with Crippen LogP contribution in [0.2, 0.25) is 0 Å².